The SMILES string of the molecule is COCC(C)(C)N(C)C(=O)c1cnc(C2CC2)c(OCC2CC2)n1. The molecule has 6 heteroatoms. The Morgan fingerprint density at radius 3 is 2.62 bits per heavy atom. The number of nitrogens with zero attached hydrogens (tertiary/aromatic N) is 3. The van der Waals surface area contributed by atoms with Gasteiger partial charge in [0.1, 0.15) is 5.69 Å². The van der Waals surface area contributed by atoms with Gasteiger partial charge in [-0.05, 0) is 45.4 Å². The lowest BCUT2D eigenvalue weighted by Crippen LogP contribution is -2.48. The van der Waals surface area contributed by atoms with E-state index in [4.69, 9.17) is 9.47 Å². The number of carbonyl (C=O) groups is 1. The number of hydrogen-bond acceptors (Lipinski definition) is 5. The maximum Gasteiger partial charge on any atom is 0.274 e. The number of rotatable bonds is 8. The molecule has 1 amide bonds. The van der Waals surface area contributed by atoms with Crippen molar-refractivity contribution in [1.82, 2.24) is 14.9 Å². The Balaban J connectivity index is 1.78. The molecular weight excluding hydrogens is 306 g/mol. The van der Waals surface area contributed by atoms with Crippen molar-refractivity contribution in [3.63, 3.8) is 0 Å². The normalized spacial score (nSPS) is 17.7. The van der Waals surface area contributed by atoms with Crippen molar-refractivity contribution >= 4 is 5.91 Å². The van der Waals surface area contributed by atoms with Crippen molar-refractivity contribution in [2.24, 2.45) is 5.92 Å². The summed E-state index contributed by atoms with van der Waals surface area (Å²) < 4.78 is 11.1. The summed E-state index contributed by atoms with van der Waals surface area (Å²) in [5.41, 5.74) is 0.820. The number of methoxy groups -OCH3 is 1. The molecule has 0 atom stereocenters. The minimum Gasteiger partial charge on any atom is -0.476 e. The first-order valence-electron chi connectivity index (χ1n) is 8.69. The molecule has 1 aromatic rings. The summed E-state index contributed by atoms with van der Waals surface area (Å²) in [5.74, 6) is 1.47. The van der Waals surface area contributed by atoms with Crippen LogP contribution in [0.4, 0.5) is 0 Å². The number of ether oxygens (including phenoxy) is 2. The molecule has 2 fully saturated rings. The van der Waals surface area contributed by atoms with Crippen LogP contribution >= 0.6 is 0 Å². The van der Waals surface area contributed by atoms with Crippen molar-refractivity contribution in [3.05, 3.63) is 17.6 Å². The minimum atomic E-state index is -0.419. The Morgan fingerprint density at radius 1 is 1.33 bits per heavy atom. The molecule has 2 saturated carbocycles. The molecule has 24 heavy (non-hydrogen) atoms. The molecule has 0 aromatic carbocycles. The van der Waals surface area contributed by atoms with E-state index in [2.05, 4.69) is 9.97 Å². The standard InChI is InChI=1S/C18H27N3O3/c1-18(2,11-23-4)21(3)17(22)14-9-19-15(13-7-8-13)16(20-14)24-10-12-5-6-12/h9,12-13H,5-8,10-11H2,1-4H3. The lowest BCUT2D eigenvalue weighted by Gasteiger charge is -2.34. The van der Waals surface area contributed by atoms with Gasteiger partial charge in [-0.3, -0.25) is 9.78 Å². The van der Waals surface area contributed by atoms with Gasteiger partial charge in [0.2, 0.25) is 5.88 Å². The van der Waals surface area contributed by atoms with Gasteiger partial charge in [0.05, 0.1) is 24.9 Å². The van der Waals surface area contributed by atoms with Crippen molar-refractivity contribution in [1.29, 1.82) is 0 Å². The van der Waals surface area contributed by atoms with E-state index < -0.39 is 5.54 Å². The number of carbonyl (C=O) groups excluding carboxylic acids is 1. The Kier molecular flexibility index (Phi) is 4.76. The van der Waals surface area contributed by atoms with E-state index in [9.17, 15) is 4.79 Å². The first kappa shape index (κ1) is 17.1. The van der Waals surface area contributed by atoms with Crippen LogP contribution in [0.3, 0.4) is 0 Å². The van der Waals surface area contributed by atoms with Crippen molar-refractivity contribution in [2.75, 3.05) is 27.4 Å². The molecule has 0 aliphatic heterocycles. The van der Waals surface area contributed by atoms with Crippen LogP contribution in [0.5, 0.6) is 5.88 Å². The van der Waals surface area contributed by atoms with Gasteiger partial charge in [0.25, 0.3) is 5.91 Å². The summed E-state index contributed by atoms with van der Waals surface area (Å²) in [6.45, 7) is 5.06. The molecule has 1 aromatic heterocycles. The van der Waals surface area contributed by atoms with Crippen LogP contribution < -0.4 is 4.74 Å². The smallest absolute Gasteiger partial charge is 0.274 e. The largest absolute Gasteiger partial charge is 0.476 e. The Morgan fingerprint density at radius 2 is 2.04 bits per heavy atom. The molecule has 0 spiro atoms. The zero-order valence-electron chi connectivity index (χ0n) is 15.0. The van der Waals surface area contributed by atoms with Crippen molar-refractivity contribution in [2.45, 2.75) is 51.0 Å². The zero-order valence-corrected chi connectivity index (χ0v) is 15.0. The highest BCUT2D eigenvalue weighted by Gasteiger charge is 2.33. The molecule has 0 unspecified atom stereocenters. The van der Waals surface area contributed by atoms with E-state index in [1.54, 1.807) is 25.3 Å². The van der Waals surface area contributed by atoms with Crippen LogP contribution in [-0.4, -0.2) is 53.7 Å². The molecule has 0 bridgehead atoms. The first-order chi connectivity index (χ1) is 11.4. The van der Waals surface area contributed by atoms with E-state index in [1.807, 2.05) is 13.8 Å². The third-order valence-corrected chi connectivity index (χ3v) is 4.81. The Hall–Kier alpha value is -1.69. The van der Waals surface area contributed by atoms with Crippen molar-refractivity contribution in [3.8, 4) is 5.88 Å². The van der Waals surface area contributed by atoms with Crippen LogP contribution in [0.25, 0.3) is 0 Å². The van der Waals surface area contributed by atoms with Gasteiger partial charge < -0.3 is 14.4 Å². The minimum absolute atomic E-state index is 0.164. The first-order valence-corrected chi connectivity index (χ1v) is 8.69. The van der Waals surface area contributed by atoms with Gasteiger partial charge in [-0.1, -0.05) is 0 Å². The predicted octanol–water partition coefficient (Wildman–Crippen LogP) is 2.64. The van der Waals surface area contributed by atoms with E-state index in [1.165, 1.54) is 12.8 Å². The van der Waals surface area contributed by atoms with Crippen molar-refractivity contribution < 1.29 is 14.3 Å². The van der Waals surface area contributed by atoms with Crippen LogP contribution in [0.2, 0.25) is 0 Å². The molecule has 2 aliphatic rings. The second-order valence-corrected chi connectivity index (χ2v) is 7.58. The zero-order chi connectivity index (χ0) is 17.3. The van der Waals surface area contributed by atoms with E-state index in [0.29, 0.717) is 36.6 Å². The summed E-state index contributed by atoms with van der Waals surface area (Å²) in [7, 11) is 3.40. The third kappa shape index (κ3) is 3.86. The second kappa shape index (κ2) is 6.67. The highest BCUT2D eigenvalue weighted by molar-refractivity contribution is 5.92. The summed E-state index contributed by atoms with van der Waals surface area (Å²) >= 11 is 0. The topological polar surface area (TPSA) is 64.5 Å². The molecule has 2 aliphatic carbocycles. The lowest BCUT2D eigenvalue weighted by molar-refractivity contribution is 0.0360. The average molecular weight is 333 g/mol. The number of amides is 1. The number of likely N-dealkylation sites (N-methyl/N-ethyl adjacent to an activating group) is 1. The Labute approximate surface area is 143 Å². The Bertz CT molecular complexity index is 610. The summed E-state index contributed by atoms with van der Waals surface area (Å²) in [6.07, 6.45) is 6.28. The summed E-state index contributed by atoms with van der Waals surface area (Å²) in [6, 6.07) is 0. The third-order valence-electron chi connectivity index (χ3n) is 4.81. The van der Waals surface area contributed by atoms with Crippen LogP contribution in [0, 0.1) is 5.92 Å². The molecular formula is C18H27N3O3. The summed E-state index contributed by atoms with van der Waals surface area (Å²) in [5, 5.41) is 0. The van der Waals surface area contributed by atoms with Gasteiger partial charge in [-0.15, -0.1) is 0 Å². The summed E-state index contributed by atoms with van der Waals surface area (Å²) in [4.78, 5) is 23.4. The molecule has 0 N–H and O–H groups in total. The molecule has 3 rings (SSSR count). The lowest BCUT2D eigenvalue weighted by atomic mass is 10.0. The number of hydrogen-bond donors (Lipinski definition) is 0. The fraction of sp³-hybridized carbons (Fsp3) is 0.722. The molecule has 1 heterocycles. The molecule has 132 valence electrons. The molecule has 0 saturated heterocycles. The van der Waals surface area contributed by atoms with E-state index >= 15 is 0 Å². The van der Waals surface area contributed by atoms with Gasteiger partial charge in [0.15, 0.2) is 5.69 Å². The van der Waals surface area contributed by atoms with E-state index in [0.717, 1.165) is 18.5 Å². The molecule has 0 radical (unpaired) electrons. The highest BCUT2D eigenvalue weighted by Crippen LogP contribution is 2.43. The number of aromatic nitrogens is 2. The fourth-order valence-corrected chi connectivity index (χ4v) is 2.61. The maximum absolute atomic E-state index is 12.8. The maximum atomic E-state index is 12.8. The monoisotopic (exact) mass is 333 g/mol. The second-order valence-electron chi connectivity index (χ2n) is 7.58. The van der Waals surface area contributed by atoms with Crippen LogP contribution in [0.1, 0.15) is 61.6 Å². The molecule has 6 nitrogen and oxygen atoms in total. The highest BCUT2D eigenvalue weighted by atomic mass is 16.5. The predicted molar refractivity (Wildman–Crippen MR) is 90.3 cm³/mol. The fourth-order valence-electron chi connectivity index (χ4n) is 2.61. The van der Waals surface area contributed by atoms with E-state index in [-0.39, 0.29) is 5.91 Å². The van der Waals surface area contributed by atoms with Gasteiger partial charge in [0, 0.05) is 20.1 Å². The van der Waals surface area contributed by atoms with Crippen LogP contribution in [-0.2, 0) is 4.74 Å². The van der Waals surface area contributed by atoms with Crippen LogP contribution in [0.15, 0.2) is 6.20 Å². The van der Waals surface area contributed by atoms with Gasteiger partial charge >= 0.3 is 0 Å². The van der Waals surface area contributed by atoms with Gasteiger partial charge in [-0.25, -0.2) is 4.98 Å². The average Bonchev–Trinajstić information content (AvgIpc) is 3.45. The van der Waals surface area contributed by atoms with Gasteiger partial charge in [-0.2, -0.15) is 0 Å². The quantitative estimate of drug-likeness (QED) is 0.732.